The van der Waals surface area contributed by atoms with Gasteiger partial charge in [-0.15, -0.1) is 0 Å². The molecule has 2 rings (SSSR count). The van der Waals surface area contributed by atoms with E-state index >= 15 is 0 Å². The van der Waals surface area contributed by atoms with Gasteiger partial charge in [0, 0.05) is 18.1 Å². The minimum absolute atomic E-state index is 0.0841. The van der Waals surface area contributed by atoms with Crippen molar-refractivity contribution in [1.29, 1.82) is 0 Å². The number of esters is 1. The molecule has 1 saturated heterocycles. The molecule has 1 aliphatic heterocycles. The standard InChI is InChI=1S/C19H24ClFN2O5/c1-19(2,3)28-18(26)23-8-6-12(7-9-23)17(25)27-11-16(24)22-15-10-13(20)4-5-14(15)21/h4-5,10,12H,6-9,11H2,1-3H3,(H,22,24). The Bertz CT molecular complexity index is 742. The molecule has 0 aliphatic carbocycles. The lowest BCUT2D eigenvalue weighted by atomic mass is 9.97. The number of carbonyl (C=O) groups is 3. The van der Waals surface area contributed by atoms with E-state index in [9.17, 15) is 18.8 Å². The molecule has 0 bridgehead atoms. The number of carbonyl (C=O) groups excluding carboxylic acids is 3. The van der Waals surface area contributed by atoms with Crippen LogP contribution >= 0.6 is 11.6 Å². The average Bonchev–Trinajstić information content (AvgIpc) is 2.61. The van der Waals surface area contributed by atoms with Gasteiger partial charge in [-0.2, -0.15) is 0 Å². The lowest BCUT2D eigenvalue weighted by Crippen LogP contribution is -2.43. The van der Waals surface area contributed by atoms with Crippen LogP contribution in [0.15, 0.2) is 18.2 Å². The second-order valence-corrected chi connectivity index (χ2v) is 7.96. The zero-order valence-corrected chi connectivity index (χ0v) is 16.8. The van der Waals surface area contributed by atoms with E-state index in [1.54, 1.807) is 25.7 Å². The SMILES string of the molecule is CC(C)(C)OC(=O)N1CCC(C(=O)OCC(=O)Nc2cc(Cl)ccc2F)CC1. The number of halogens is 2. The largest absolute Gasteiger partial charge is 0.455 e. The maximum absolute atomic E-state index is 13.6. The first kappa shape index (κ1) is 21.9. The minimum atomic E-state index is -0.666. The fourth-order valence-electron chi connectivity index (χ4n) is 2.66. The van der Waals surface area contributed by atoms with Gasteiger partial charge in [0.15, 0.2) is 6.61 Å². The van der Waals surface area contributed by atoms with Crippen LogP contribution in [0.1, 0.15) is 33.6 Å². The van der Waals surface area contributed by atoms with Gasteiger partial charge in [-0.05, 0) is 51.8 Å². The summed E-state index contributed by atoms with van der Waals surface area (Å²) in [5, 5.41) is 2.58. The Morgan fingerprint density at radius 1 is 1.25 bits per heavy atom. The van der Waals surface area contributed by atoms with Gasteiger partial charge in [0.1, 0.15) is 11.4 Å². The third-order valence-electron chi connectivity index (χ3n) is 4.03. The number of hydrogen-bond acceptors (Lipinski definition) is 5. The van der Waals surface area contributed by atoms with Crippen LogP contribution in [0.4, 0.5) is 14.9 Å². The first-order valence-corrected chi connectivity index (χ1v) is 9.32. The van der Waals surface area contributed by atoms with Gasteiger partial charge < -0.3 is 19.7 Å². The summed E-state index contributed by atoms with van der Waals surface area (Å²) in [6, 6.07) is 3.75. The molecule has 1 heterocycles. The van der Waals surface area contributed by atoms with Crippen molar-refractivity contribution in [3.63, 3.8) is 0 Å². The van der Waals surface area contributed by atoms with Gasteiger partial charge in [-0.1, -0.05) is 11.6 Å². The Morgan fingerprint density at radius 3 is 2.50 bits per heavy atom. The van der Waals surface area contributed by atoms with Crippen LogP contribution < -0.4 is 5.32 Å². The third kappa shape index (κ3) is 6.67. The summed E-state index contributed by atoms with van der Waals surface area (Å²) in [5.74, 6) is -2.24. The first-order chi connectivity index (χ1) is 13.0. The Morgan fingerprint density at radius 2 is 1.89 bits per heavy atom. The molecule has 1 N–H and O–H groups in total. The van der Waals surface area contributed by atoms with E-state index in [1.807, 2.05) is 0 Å². The summed E-state index contributed by atoms with van der Waals surface area (Å²) in [6.07, 6.45) is 0.424. The Labute approximate surface area is 168 Å². The van der Waals surface area contributed by atoms with Crippen molar-refractivity contribution in [2.24, 2.45) is 5.92 Å². The van der Waals surface area contributed by atoms with Crippen molar-refractivity contribution in [3.05, 3.63) is 29.0 Å². The van der Waals surface area contributed by atoms with E-state index in [2.05, 4.69) is 5.32 Å². The molecular formula is C19H24ClFN2O5. The minimum Gasteiger partial charge on any atom is -0.455 e. The molecule has 0 aromatic heterocycles. The highest BCUT2D eigenvalue weighted by Gasteiger charge is 2.31. The van der Waals surface area contributed by atoms with Crippen LogP contribution in [0, 0.1) is 11.7 Å². The van der Waals surface area contributed by atoms with Crippen LogP contribution in [-0.4, -0.2) is 48.2 Å². The van der Waals surface area contributed by atoms with Crippen molar-refractivity contribution < 1.29 is 28.2 Å². The fourth-order valence-corrected chi connectivity index (χ4v) is 2.83. The maximum Gasteiger partial charge on any atom is 0.410 e. The summed E-state index contributed by atoms with van der Waals surface area (Å²) in [6.45, 7) is 5.57. The molecule has 0 atom stereocenters. The Kier molecular flexibility index (Phi) is 7.23. The normalized spacial score (nSPS) is 15.1. The lowest BCUT2D eigenvalue weighted by Gasteiger charge is -2.32. The number of likely N-dealkylation sites (tertiary alicyclic amines) is 1. The summed E-state index contributed by atoms with van der Waals surface area (Å²) in [4.78, 5) is 37.6. The van der Waals surface area contributed by atoms with Gasteiger partial charge in [0.25, 0.3) is 5.91 Å². The number of benzene rings is 1. The Balaban J connectivity index is 1.76. The molecule has 0 saturated carbocycles. The molecule has 0 spiro atoms. The molecule has 0 radical (unpaired) electrons. The molecule has 28 heavy (non-hydrogen) atoms. The molecular weight excluding hydrogens is 391 g/mol. The Hall–Kier alpha value is -2.35. The second-order valence-electron chi connectivity index (χ2n) is 7.52. The molecule has 9 heteroatoms. The first-order valence-electron chi connectivity index (χ1n) is 8.94. The van der Waals surface area contributed by atoms with Crippen molar-refractivity contribution in [2.45, 2.75) is 39.2 Å². The predicted molar refractivity (Wildman–Crippen MR) is 102 cm³/mol. The average molecular weight is 415 g/mol. The molecule has 1 fully saturated rings. The summed E-state index contributed by atoms with van der Waals surface area (Å²) < 4.78 is 23.9. The van der Waals surface area contributed by atoms with Crippen LogP contribution in [-0.2, 0) is 19.1 Å². The van der Waals surface area contributed by atoms with Gasteiger partial charge in [0.2, 0.25) is 0 Å². The van der Waals surface area contributed by atoms with E-state index in [-0.39, 0.29) is 10.7 Å². The van der Waals surface area contributed by atoms with Crippen molar-refractivity contribution in [1.82, 2.24) is 4.90 Å². The zero-order chi connectivity index (χ0) is 20.9. The summed E-state index contributed by atoms with van der Waals surface area (Å²) in [5.41, 5.74) is -0.665. The third-order valence-corrected chi connectivity index (χ3v) is 4.26. The molecule has 1 aromatic rings. The van der Waals surface area contributed by atoms with E-state index in [4.69, 9.17) is 21.1 Å². The van der Waals surface area contributed by atoms with Crippen LogP contribution in [0.5, 0.6) is 0 Å². The second kappa shape index (κ2) is 9.23. The topological polar surface area (TPSA) is 84.9 Å². The number of nitrogens with zero attached hydrogens (tertiary/aromatic N) is 1. The highest BCUT2D eigenvalue weighted by molar-refractivity contribution is 6.30. The van der Waals surface area contributed by atoms with Gasteiger partial charge in [0.05, 0.1) is 11.6 Å². The summed E-state index contributed by atoms with van der Waals surface area (Å²) >= 11 is 5.76. The van der Waals surface area contributed by atoms with Crippen molar-refractivity contribution in [3.8, 4) is 0 Å². The number of rotatable bonds is 4. The highest BCUT2D eigenvalue weighted by atomic mass is 35.5. The highest BCUT2D eigenvalue weighted by Crippen LogP contribution is 2.22. The van der Waals surface area contributed by atoms with E-state index in [0.717, 1.165) is 6.07 Å². The van der Waals surface area contributed by atoms with Gasteiger partial charge in [-0.3, -0.25) is 9.59 Å². The lowest BCUT2D eigenvalue weighted by molar-refractivity contribution is -0.153. The number of ether oxygens (including phenoxy) is 2. The predicted octanol–water partition coefficient (Wildman–Crippen LogP) is 3.61. The van der Waals surface area contributed by atoms with Crippen molar-refractivity contribution in [2.75, 3.05) is 25.0 Å². The maximum atomic E-state index is 13.6. The fraction of sp³-hybridized carbons (Fsp3) is 0.526. The summed E-state index contributed by atoms with van der Waals surface area (Å²) in [7, 11) is 0. The van der Waals surface area contributed by atoms with Gasteiger partial charge >= 0.3 is 12.1 Å². The molecule has 7 nitrogen and oxygen atoms in total. The smallest absolute Gasteiger partial charge is 0.410 e. The zero-order valence-electron chi connectivity index (χ0n) is 16.1. The van der Waals surface area contributed by atoms with E-state index in [0.29, 0.717) is 25.9 Å². The van der Waals surface area contributed by atoms with E-state index in [1.165, 1.54) is 12.1 Å². The number of nitrogens with one attached hydrogen (secondary N) is 1. The molecule has 0 unspecified atom stereocenters. The molecule has 154 valence electrons. The number of amides is 2. The number of piperidine rings is 1. The number of anilines is 1. The quantitative estimate of drug-likeness (QED) is 0.761. The van der Waals surface area contributed by atoms with E-state index < -0.39 is 41.9 Å². The van der Waals surface area contributed by atoms with Crippen LogP contribution in [0.3, 0.4) is 0 Å². The molecule has 2 amide bonds. The van der Waals surface area contributed by atoms with Crippen molar-refractivity contribution >= 4 is 35.3 Å². The van der Waals surface area contributed by atoms with Crippen LogP contribution in [0.2, 0.25) is 5.02 Å². The number of hydrogen-bond donors (Lipinski definition) is 1. The molecule has 1 aromatic carbocycles. The monoisotopic (exact) mass is 414 g/mol. The van der Waals surface area contributed by atoms with Gasteiger partial charge in [-0.25, -0.2) is 9.18 Å². The molecule has 1 aliphatic rings. The van der Waals surface area contributed by atoms with Crippen LogP contribution in [0.25, 0.3) is 0 Å².